The summed E-state index contributed by atoms with van der Waals surface area (Å²) in [6.07, 6.45) is 2.32. The van der Waals surface area contributed by atoms with Gasteiger partial charge in [-0.2, -0.15) is 5.10 Å². The maximum absolute atomic E-state index is 6.04. The number of aromatic nitrogens is 3. The molecule has 1 aromatic heterocycles. The van der Waals surface area contributed by atoms with E-state index >= 15 is 0 Å². The zero-order valence-electron chi connectivity index (χ0n) is 9.82. The molecule has 1 saturated carbocycles. The van der Waals surface area contributed by atoms with Gasteiger partial charge in [-0.1, -0.05) is 23.2 Å². The Labute approximate surface area is 115 Å². The predicted molar refractivity (Wildman–Crippen MR) is 72.8 cm³/mol. The van der Waals surface area contributed by atoms with Crippen LogP contribution in [-0.2, 0) is 7.05 Å². The second kappa shape index (κ2) is 4.14. The van der Waals surface area contributed by atoms with Gasteiger partial charge in [0.2, 0.25) is 0 Å². The summed E-state index contributed by atoms with van der Waals surface area (Å²) >= 11 is 12.0. The number of aryl methyl sites for hydroxylation is 1. The van der Waals surface area contributed by atoms with Crippen molar-refractivity contribution >= 4 is 28.9 Å². The van der Waals surface area contributed by atoms with E-state index in [9.17, 15) is 0 Å². The molecule has 0 unspecified atom stereocenters. The molecule has 1 heterocycles. The fourth-order valence-electron chi connectivity index (χ4n) is 1.92. The van der Waals surface area contributed by atoms with E-state index in [-0.39, 0.29) is 0 Å². The van der Waals surface area contributed by atoms with E-state index in [2.05, 4.69) is 10.1 Å². The summed E-state index contributed by atoms with van der Waals surface area (Å²) in [6, 6.07) is 3.39. The first-order valence-electron chi connectivity index (χ1n) is 5.72. The Balaban J connectivity index is 2.14. The number of hydrogen-bond donors (Lipinski definition) is 1. The number of rotatable bonds is 2. The molecule has 3 rings (SSSR count). The van der Waals surface area contributed by atoms with Crippen molar-refractivity contribution in [2.75, 3.05) is 5.73 Å². The van der Waals surface area contributed by atoms with E-state index in [4.69, 9.17) is 28.9 Å². The SMILES string of the molecule is Cn1nc(C2CC2)nc1-c1cc(Cl)cc(Cl)c1N. The number of benzene rings is 1. The van der Waals surface area contributed by atoms with Crippen LogP contribution in [-0.4, -0.2) is 14.8 Å². The van der Waals surface area contributed by atoms with E-state index in [1.165, 1.54) is 0 Å². The first-order chi connectivity index (χ1) is 8.56. The maximum Gasteiger partial charge on any atom is 0.160 e. The Morgan fingerprint density at radius 3 is 2.72 bits per heavy atom. The Hall–Kier alpha value is -1.26. The highest BCUT2D eigenvalue weighted by atomic mass is 35.5. The largest absolute Gasteiger partial charge is 0.397 e. The number of nitrogens with zero attached hydrogens (tertiary/aromatic N) is 3. The smallest absolute Gasteiger partial charge is 0.160 e. The molecule has 1 fully saturated rings. The van der Waals surface area contributed by atoms with Crippen molar-refractivity contribution in [3.63, 3.8) is 0 Å². The molecular formula is C12H12Cl2N4. The van der Waals surface area contributed by atoms with E-state index in [1.54, 1.807) is 16.8 Å². The second-order valence-corrected chi connectivity index (χ2v) is 5.38. The predicted octanol–water partition coefficient (Wildman–Crippen LogP) is 3.25. The molecule has 2 N–H and O–H groups in total. The van der Waals surface area contributed by atoms with Crippen LogP contribution in [0.2, 0.25) is 10.0 Å². The van der Waals surface area contributed by atoms with E-state index in [0.717, 1.165) is 24.2 Å². The first kappa shape index (κ1) is 11.8. The quantitative estimate of drug-likeness (QED) is 0.861. The van der Waals surface area contributed by atoms with Gasteiger partial charge in [0.1, 0.15) is 0 Å². The van der Waals surface area contributed by atoms with Gasteiger partial charge in [0, 0.05) is 23.6 Å². The first-order valence-corrected chi connectivity index (χ1v) is 6.47. The molecule has 1 aliphatic rings. The van der Waals surface area contributed by atoms with Gasteiger partial charge < -0.3 is 5.73 Å². The molecule has 0 bridgehead atoms. The summed E-state index contributed by atoms with van der Waals surface area (Å²) in [5, 5.41) is 5.39. The molecule has 4 nitrogen and oxygen atoms in total. The minimum Gasteiger partial charge on any atom is -0.397 e. The molecule has 18 heavy (non-hydrogen) atoms. The van der Waals surface area contributed by atoms with Crippen molar-refractivity contribution in [2.24, 2.45) is 7.05 Å². The zero-order chi connectivity index (χ0) is 12.9. The molecule has 1 aliphatic carbocycles. The molecule has 0 atom stereocenters. The lowest BCUT2D eigenvalue weighted by atomic mass is 10.1. The summed E-state index contributed by atoms with van der Waals surface area (Å²) in [5.74, 6) is 2.09. The third-order valence-electron chi connectivity index (χ3n) is 3.06. The van der Waals surface area contributed by atoms with Gasteiger partial charge in [0.05, 0.1) is 10.7 Å². The van der Waals surface area contributed by atoms with Crippen molar-refractivity contribution in [3.8, 4) is 11.4 Å². The summed E-state index contributed by atoms with van der Waals surface area (Å²) < 4.78 is 1.73. The van der Waals surface area contributed by atoms with Gasteiger partial charge in [-0.05, 0) is 25.0 Å². The van der Waals surface area contributed by atoms with Crippen LogP contribution in [0.25, 0.3) is 11.4 Å². The third kappa shape index (κ3) is 1.95. The Kier molecular flexibility index (Phi) is 2.72. The number of hydrogen-bond acceptors (Lipinski definition) is 3. The Morgan fingerprint density at radius 2 is 2.06 bits per heavy atom. The number of anilines is 1. The van der Waals surface area contributed by atoms with Crippen LogP contribution in [0.3, 0.4) is 0 Å². The van der Waals surface area contributed by atoms with Gasteiger partial charge in [0.25, 0.3) is 0 Å². The van der Waals surface area contributed by atoms with Crippen LogP contribution in [0, 0.1) is 0 Å². The van der Waals surface area contributed by atoms with Crippen LogP contribution in [0.15, 0.2) is 12.1 Å². The molecule has 6 heteroatoms. The lowest BCUT2D eigenvalue weighted by molar-refractivity contribution is 0.750. The topological polar surface area (TPSA) is 56.7 Å². The lowest BCUT2D eigenvalue weighted by Crippen LogP contribution is -1.98. The van der Waals surface area contributed by atoms with Gasteiger partial charge in [-0.15, -0.1) is 0 Å². The Bertz CT molecular complexity index is 617. The van der Waals surface area contributed by atoms with Gasteiger partial charge >= 0.3 is 0 Å². The van der Waals surface area contributed by atoms with E-state index in [0.29, 0.717) is 27.5 Å². The molecule has 2 aromatic rings. The summed E-state index contributed by atoms with van der Waals surface area (Å²) in [7, 11) is 1.85. The van der Waals surface area contributed by atoms with Crippen molar-refractivity contribution in [1.29, 1.82) is 0 Å². The minimum atomic E-state index is 0.438. The highest BCUT2D eigenvalue weighted by molar-refractivity contribution is 6.37. The summed E-state index contributed by atoms with van der Waals surface area (Å²) in [5.41, 5.74) is 7.20. The molecule has 94 valence electrons. The third-order valence-corrected chi connectivity index (χ3v) is 3.59. The van der Waals surface area contributed by atoms with Crippen molar-refractivity contribution < 1.29 is 0 Å². The van der Waals surface area contributed by atoms with Crippen molar-refractivity contribution in [1.82, 2.24) is 14.8 Å². The average molecular weight is 283 g/mol. The average Bonchev–Trinajstić information content (AvgIpc) is 3.08. The molecule has 0 amide bonds. The van der Waals surface area contributed by atoms with Crippen LogP contribution in [0.4, 0.5) is 5.69 Å². The van der Waals surface area contributed by atoms with Crippen LogP contribution in [0.1, 0.15) is 24.6 Å². The van der Waals surface area contributed by atoms with Gasteiger partial charge in [0.15, 0.2) is 11.6 Å². The molecular weight excluding hydrogens is 271 g/mol. The van der Waals surface area contributed by atoms with E-state index < -0.39 is 0 Å². The molecule has 0 radical (unpaired) electrons. The fourth-order valence-corrected chi connectivity index (χ4v) is 2.42. The normalized spacial score (nSPS) is 15.1. The van der Waals surface area contributed by atoms with Crippen molar-refractivity contribution in [2.45, 2.75) is 18.8 Å². The molecule has 0 spiro atoms. The van der Waals surface area contributed by atoms with E-state index in [1.807, 2.05) is 7.05 Å². The van der Waals surface area contributed by atoms with Gasteiger partial charge in [-0.25, -0.2) is 9.67 Å². The highest BCUT2D eigenvalue weighted by Crippen LogP contribution is 2.40. The second-order valence-electron chi connectivity index (χ2n) is 4.54. The number of halogens is 2. The number of nitrogens with two attached hydrogens (primary N) is 1. The minimum absolute atomic E-state index is 0.438. The molecule has 0 aliphatic heterocycles. The summed E-state index contributed by atoms with van der Waals surface area (Å²) in [6.45, 7) is 0. The zero-order valence-corrected chi connectivity index (χ0v) is 11.3. The molecule has 0 saturated heterocycles. The van der Waals surface area contributed by atoms with Gasteiger partial charge in [-0.3, -0.25) is 0 Å². The number of nitrogen functional groups attached to an aromatic ring is 1. The van der Waals surface area contributed by atoms with Crippen LogP contribution in [0.5, 0.6) is 0 Å². The van der Waals surface area contributed by atoms with Crippen LogP contribution < -0.4 is 5.73 Å². The molecule has 1 aromatic carbocycles. The van der Waals surface area contributed by atoms with Crippen molar-refractivity contribution in [3.05, 3.63) is 28.0 Å². The highest BCUT2D eigenvalue weighted by Gasteiger charge is 2.29. The van der Waals surface area contributed by atoms with Crippen LogP contribution >= 0.6 is 23.2 Å². The Morgan fingerprint density at radius 1 is 1.33 bits per heavy atom. The maximum atomic E-state index is 6.04. The summed E-state index contributed by atoms with van der Waals surface area (Å²) in [4.78, 5) is 4.54. The fraction of sp³-hybridized carbons (Fsp3) is 0.333. The lowest BCUT2D eigenvalue weighted by Gasteiger charge is -2.07. The standard InChI is InChI=1S/C12H12Cl2N4/c1-18-12(16-11(17-18)6-2-3-6)8-4-7(13)5-9(14)10(8)15/h4-6H,2-3,15H2,1H3. The monoisotopic (exact) mass is 282 g/mol.